The van der Waals surface area contributed by atoms with Gasteiger partial charge in [-0.1, -0.05) is 42.6 Å². The number of unbranched alkanes of at least 4 members (excludes halogenated alkanes) is 1. The zero-order chi connectivity index (χ0) is 23.4. The summed E-state index contributed by atoms with van der Waals surface area (Å²) in [6, 6.07) is 8.96. The summed E-state index contributed by atoms with van der Waals surface area (Å²) in [6.45, 7) is 4.93. The van der Waals surface area contributed by atoms with E-state index in [1.807, 2.05) is 30.0 Å². The Labute approximate surface area is 202 Å². The van der Waals surface area contributed by atoms with E-state index in [-0.39, 0.29) is 18.0 Å². The Morgan fingerprint density at radius 3 is 2.58 bits per heavy atom. The third-order valence-electron chi connectivity index (χ3n) is 5.54. The summed E-state index contributed by atoms with van der Waals surface area (Å²) >= 11 is 12.0. The molecular formula is C23H25Cl2N5O3. The van der Waals surface area contributed by atoms with Crippen LogP contribution in [0.2, 0.25) is 10.0 Å². The molecule has 2 aromatic heterocycles. The molecule has 1 saturated heterocycles. The lowest BCUT2D eigenvalue weighted by atomic mass is 10.1. The molecule has 0 radical (unpaired) electrons. The van der Waals surface area contributed by atoms with Crippen molar-refractivity contribution in [3.63, 3.8) is 0 Å². The van der Waals surface area contributed by atoms with E-state index >= 15 is 0 Å². The summed E-state index contributed by atoms with van der Waals surface area (Å²) in [4.78, 5) is 33.1. The van der Waals surface area contributed by atoms with E-state index in [1.54, 1.807) is 22.8 Å². The van der Waals surface area contributed by atoms with Crippen LogP contribution in [0.25, 0.3) is 5.65 Å². The number of aromatic nitrogens is 3. The van der Waals surface area contributed by atoms with Crippen molar-refractivity contribution in [2.75, 3.05) is 37.7 Å². The van der Waals surface area contributed by atoms with Gasteiger partial charge in [-0.15, -0.1) is 5.10 Å². The number of esters is 1. The van der Waals surface area contributed by atoms with Crippen LogP contribution in [0.15, 0.2) is 36.5 Å². The van der Waals surface area contributed by atoms with E-state index in [2.05, 4.69) is 15.0 Å². The lowest BCUT2D eigenvalue weighted by molar-refractivity contribution is -0.130. The Balaban J connectivity index is 1.35. The van der Waals surface area contributed by atoms with Crippen LogP contribution in [-0.4, -0.2) is 64.2 Å². The Bertz CT molecular complexity index is 1160. The highest BCUT2D eigenvalue weighted by Crippen LogP contribution is 2.23. The number of imidazole rings is 1. The molecule has 0 spiro atoms. The lowest BCUT2D eigenvalue weighted by Crippen LogP contribution is -2.49. The number of piperazine rings is 1. The molecular weight excluding hydrogens is 465 g/mol. The van der Waals surface area contributed by atoms with E-state index < -0.39 is 5.97 Å². The van der Waals surface area contributed by atoms with Gasteiger partial charge in [0.1, 0.15) is 5.82 Å². The highest BCUT2D eigenvalue weighted by Gasteiger charge is 2.23. The minimum Gasteiger partial charge on any atom is -0.461 e. The van der Waals surface area contributed by atoms with Gasteiger partial charge >= 0.3 is 5.97 Å². The van der Waals surface area contributed by atoms with Crippen LogP contribution in [0.3, 0.4) is 0 Å². The molecule has 0 aliphatic carbocycles. The second kappa shape index (κ2) is 10.4. The monoisotopic (exact) mass is 489 g/mol. The summed E-state index contributed by atoms with van der Waals surface area (Å²) in [7, 11) is 0. The largest absolute Gasteiger partial charge is 0.461 e. The predicted octanol–water partition coefficient (Wildman–Crippen LogP) is 3.88. The lowest BCUT2D eigenvalue weighted by Gasteiger charge is -2.35. The molecule has 10 heteroatoms. The van der Waals surface area contributed by atoms with Gasteiger partial charge in [0.15, 0.2) is 11.3 Å². The van der Waals surface area contributed by atoms with Gasteiger partial charge in [0.2, 0.25) is 5.91 Å². The molecule has 1 amide bonds. The number of carbonyl (C=O) groups excluding carboxylic acids is 2. The topological polar surface area (TPSA) is 80.0 Å². The number of amides is 1. The maximum atomic E-state index is 12.7. The minimum absolute atomic E-state index is 0.0530. The number of fused-ring (bicyclic) bond motifs is 1. The van der Waals surface area contributed by atoms with Crippen molar-refractivity contribution in [2.24, 2.45) is 0 Å². The number of carbonyl (C=O) groups is 2. The van der Waals surface area contributed by atoms with Crippen molar-refractivity contribution >= 4 is 46.5 Å². The number of rotatable bonds is 7. The van der Waals surface area contributed by atoms with Crippen molar-refractivity contribution in [2.45, 2.75) is 26.2 Å². The molecule has 1 aromatic carbocycles. The third-order valence-corrected chi connectivity index (χ3v) is 6.28. The van der Waals surface area contributed by atoms with Crippen LogP contribution in [0.5, 0.6) is 0 Å². The average molecular weight is 490 g/mol. The third kappa shape index (κ3) is 5.57. The SMILES string of the molecule is CCCCOC(=O)c1cn2nc(N3CCN(C(=O)Cc4ccc(Cl)c(Cl)c4)CC3)ccc2n1. The van der Waals surface area contributed by atoms with Crippen LogP contribution < -0.4 is 4.90 Å². The van der Waals surface area contributed by atoms with Gasteiger partial charge < -0.3 is 14.5 Å². The Morgan fingerprint density at radius 2 is 1.85 bits per heavy atom. The van der Waals surface area contributed by atoms with Gasteiger partial charge in [0.25, 0.3) is 0 Å². The number of benzene rings is 1. The van der Waals surface area contributed by atoms with E-state index in [9.17, 15) is 9.59 Å². The van der Waals surface area contributed by atoms with Crippen LogP contribution in [0.1, 0.15) is 35.8 Å². The van der Waals surface area contributed by atoms with E-state index in [0.29, 0.717) is 48.5 Å². The molecule has 0 unspecified atom stereocenters. The predicted molar refractivity (Wildman–Crippen MR) is 127 cm³/mol. The molecule has 0 atom stereocenters. The highest BCUT2D eigenvalue weighted by atomic mass is 35.5. The molecule has 1 aliphatic heterocycles. The van der Waals surface area contributed by atoms with Crippen LogP contribution >= 0.6 is 23.2 Å². The van der Waals surface area contributed by atoms with E-state index in [1.165, 1.54) is 0 Å². The first kappa shape index (κ1) is 23.3. The highest BCUT2D eigenvalue weighted by molar-refractivity contribution is 6.42. The second-order valence-electron chi connectivity index (χ2n) is 7.90. The number of hydrogen-bond donors (Lipinski definition) is 0. The molecule has 0 bridgehead atoms. The van der Waals surface area contributed by atoms with Crippen LogP contribution in [-0.2, 0) is 16.0 Å². The molecule has 3 heterocycles. The fourth-order valence-corrected chi connectivity index (χ4v) is 3.96. The molecule has 0 saturated carbocycles. The Kier molecular flexibility index (Phi) is 7.35. The van der Waals surface area contributed by atoms with Crippen molar-refractivity contribution in [3.8, 4) is 0 Å². The first-order valence-corrected chi connectivity index (χ1v) is 11.7. The maximum absolute atomic E-state index is 12.7. The molecule has 1 aliphatic rings. The molecule has 3 aromatic rings. The summed E-state index contributed by atoms with van der Waals surface area (Å²) in [5.41, 5.74) is 1.66. The number of hydrogen-bond acceptors (Lipinski definition) is 6. The normalized spacial score (nSPS) is 14.0. The number of halogens is 2. The molecule has 174 valence electrons. The zero-order valence-corrected chi connectivity index (χ0v) is 19.8. The summed E-state index contributed by atoms with van der Waals surface area (Å²) in [6.07, 6.45) is 3.65. The molecule has 0 N–H and O–H groups in total. The number of ether oxygens (including phenoxy) is 1. The second-order valence-corrected chi connectivity index (χ2v) is 8.72. The quantitative estimate of drug-likeness (QED) is 0.370. The first-order chi connectivity index (χ1) is 15.9. The maximum Gasteiger partial charge on any atom is 0.358 e. The molecule has 1 fully saturated rings. The van der Waals surface area contributed by atoms with Crippen LogP contribution in [0, 0.1) is 0 Å². The van der Waals surface area contributed by atoms with Gasteiger partial charge in [-0.2, -0.15) is 0 Å². The molecule has 8 nitrogen and oxygen atoms in total. The van der Waals surface area contributed by atoms with E-state index in [0.717, 1.165) is 24.2 Å². The molecule has 33 heavy (non-hydrogen) atoms. The van der Waals surface area contributed by atoms with Crippen molar-refractivity contribution in [1.29, 1.82) is 0 Å². The molecule has 4 rings (SSSR count). The minimum atomic E-state index is -0.440. The smallest absolute Gasteiger partial charge is 0.358 e. The fourth-order valence-electron chi connectivity index (χ4n) is 3.64. The van der Waals surface area contributed by atoms with Crippen molar-refractivity contribution in [1.82, 2.24) is 19.5 Å². The van der Waals surface area contributed by atoms with E-state index in [4.69, 9.17) is 27.9 Å². The Morgan fingerprint density at radius 1 is 1.06 bits per heavy atom. The van der Waals surface area contributed by atoms with Gasteiger partial charge in [0.05, 0.1) is 29.3 Å². The first-order valence-electron chi connectivity index (χ1n) is 10.9. The standard InChI is InChI=1S/C23H25Cl2N5O3/c1-2-3-12-33-23(32)19-15-30-20(26-19)6-7-21(27-30)28-8-10-29(11-9-28)22(31)14-16-4-5-17(24)18(25)13-16/h4-7,13,15H,2-3,8-12,14H2,1H3. The summed E-state index contributed by atoms with van der Waals surface area (Å²) in [5, 5.41) is 5.52. The summed E-state index contributed by atoms with van der Waals surface area (Å²) < 4.78 is 6.82. The van der Waals surface area contributed by atoms with Gasteiger partial charge in [-0.25, -0.2) is 14.3 Å². The number of anilines is 1. The van der Waals surface area contributed by atoms with Crippen molar-refractivity contribution in [3.05, 3.63) is 57.8 Å². The number of nitrogens with zero attached hydrogens (tertiary/aromatic N) is 5. The van der Waals surface area contributed by atoms with Crippen molar-refractivity contribution < 1.29 is 14.3 Å². The zero-order valence-electron chi connectivity index (χ0n) is 18.3. The summed E-state index contributed by atoms with van der Waals surface area (Å²) in [5.74, 6) is 0.379. The average Bonchev–Trinajstić information content (AvgIpc) is 3.25. The van der Waals surface area contributed by atoms with Gasteiger partial charge in [0, 0.05) is 26.2 Å². The van der Waals surface area contributed by atoms with Gasteiger partial charge in [-0.05, 0) is 36.2 Å². The van der Waals surface area contributed by atoms with Crippen LogP contribution in [0.4, 0.5) is 5.82 Å². The van der Waals surface area contributed by atoms with Gasteiger partial charge in [-0.3, -0.25) is 4.79 Å². The Hall–Kier alpha value is -2.84. The fraction of sp³-hybridized carbons (Fsp3) is 0.391.